The molecule has 0 saturated heterocycles. The zero-order valence-corrected chi connectivity index (χ0v) is 68.0. The fourth-order valence-corrected chi connectivity index (χ4v) is 16.0. The summed E-state index contributed by atoms with van der Waals surface area (Å²) in [5, 5.41) is 9.24. The van der Waals surface area contributed by atoms with Crippen LogP contribution in [0.5, 0.6) is 0 Å². The molecule has 20 rings (SSSR count). The lowest BCUT2D eigenvalue weighted by atomic mass is 9.95. The van der Waals surface area contributed by atoms with E-state index in [9.17, 15) is 0 Å². The standard InChI is InChI=1S/C22H23N2O.C21H21N2O.2C20H19N2O.C19H17N2O/c1-13(2)16-8-10-24(5)18(12-16)20-15(4)11-14(3)19-17-7-6-9-23-22(17)25-21(19)20;1-13(2)15-9-11-23(4)18(12-15)19-14(3)7-8-16-17-6-5-10-22-21(17)24-20(16)19;1-12-7-8-15-16-6-5-9-21-20(16)23-19(15)18(12)17-10-13(2)14(3)11-22(17)4;1-12-7-8-16(22(4)11-12)18-14(3)10-13(2)17-15-6-5-9-21-20(15)23-19(17)18;1-12-6-9-16(21(3)11-12)17-13(2)7-8-14-15-5-4-10-20-19(15)22-18(14)17/h6-13H,1-5H3;5-13H,1-4H3;2*5-11H,1-4H3;4-11H,1-3H3/q5*+1/i;1D3,13D;3D3;1D3,2D3;1D3. The van der Waals surface area contributed by atoms with Gasteiger partial charge in [-0.1, -0.05) is 76.2 Å². The van der Waals surface area contributed by atoms with Crippen LogP contribution < -0.4 is 22.8 Å². The minimum atomic E-state index is -2.44. The molecule has 15 heteroatoms. The quantitative estimate of drug-likeness (QED) is 0.141. The third-order valence-electron chi connectivity index (χ3n) is 22.0. The maximum atomic E-state index is 8.45. The van der Waals surface area contributed by atoms with Crippen molar-refractivity contribution in [1.29, 1.82) is 0 Å². The van der Waals surface area contributed by atoms with Gasteiger partial charge in [-0.05, 0) is 216 Å². The van der Waals surface area contributed by atoms with E-state index in [0.29, 0.717) is 78.7 Å². The molecule has 1 atom stereocenters. The smallest absolute Gasteiger partial charge is 0.227 e. The fraction of sp³-hybridized carbons (Fsp3) is 0.216. The van der Waals surface area contributed by atoms with Gasteiger partial charge in [0.2, 0.25) is 57.0 Å². The summed E-state index contributed by atoms with van der Waals surface area (Å²) in [4.78, 5) is 21.6. The Morgan fingerprint density at radius 1 is 0.299 bits per heavy atom. The fourth-order valence-electron chi connectivity index (χ4n) is 16.0. The Kier molecular flexibility index (Phi) is 16.2. The van der Waals surface area contributed by atoms with E-state index in [1.54, 1.807) is 116 Å². The maximum Gasteiger partial charge on any atom is 0.227 e. The third kappa shape index (κ3) is 14.4. The number of aromatic nitrogens is 10. The summed E-state index contributed by atoms with van der Waals surface area (Å²) in [6.07, 6.45) is 17.3. The molecule has 0 bridgehead atoms. The zero-order chi connectivity index (χ0) is 95.5. The summed E-state index contributed by atoms with van der Waals surface area (Å²) in [7, 11) is 9.46. The highest BCUT2D eigenvalue weighted by Crippen LogP contribution is 2.44. The number of benzene rings is 5. The molecule has 0 aliphatic rings. The van der Waals surface area contributed by atoms with E-state index >= 15 is 0 Å². The Morgan fingerprint density at radius 3 is 1.08 bits per heavy atom. The van der Waals surface area contributed by atoms with Gasteiger partial charge in [0.25, 0.3) is 0 Å². The van der Waals surface area contributed by atoms with Crippen molar-refractivity contribution in [2.45, 2.75) is 115 Å². The average Bonchev–Trinajstić information content (AvgIpc) is 1.60. The third-order valence-corrected chi connectivity index (χ3v) is 22.0. The van der Waals surface area contributed by atoms with Crippen LogP contribution in [0, 0.1) is 75.9 Å². The van der Waals surface area contributed by atoms with Crippen molar-refractivity contribution in [2.75, 3.05) is 0 Å². The highest BCUT2D eigenvalue weighted by Gasteiger charge is 2.29. The first-order valence-electron chi connectivity index (χ1n) is 46.6. The first-order valence-corrected chi connectivity index (χ1v) is 38.6. The normalized spacial score (nSPS) is 14.6. The van der Waals surface area contributed by atoms with Crippen LogP contribution >= 0.6 is 0 Å². The largest absolute Gasteiger partial charge is 0.437 e. The van der Waals surface area contributed by atoms with Crippen molar-refractivity contribution < 1.29 is 66.9 Å². The lowest BCUT2D eigenvalue weighted by molar-refractivity contribution is -0.660. The van der Waals surface area contributed by atoms with Crippen molar-refractivity contribution >= 4 is 110 Å². The Balaban J connectivity index is 0.000000121. The van der Waals surface area contributed by atoms with E-state index in [1.807, 2.05) is 148 Å². The van der Waals surface area contributed by atoms with E-state index in [2.05, 4.69) is 107 Å². The van der Waals surface area contributed by atoms with Crippen LogP contribution in [0.1, 0.15) is 134 Å². The van der Waals surface area contributed by atoms with E-state index in [-0.39, 0.29) is 11.1 Å². The van der Waals surface area contributed by atoms with Gasteiger partial charge in [0.1, 0.15) is 35.2 Å². The van der Waals surface area contributed by atoms with Crippen molar-refractivity contribution in [1.82, 2.24) is 24.9 Å². The molecule has 0 aliphatic heterocycles. The Bertz CT molecular complexity index is 8010. The molecule has 5 aromatic carbocycles. The molecule has 0 N–H and O–H groups in total. The molecule has 1 unspecified atom stereocenters. The molecule has 15 heterocycles. The molecule has 0 spiro atoms. The highest BCUT2D eigenvalue weighted by molar-refractivity contribution is 6.14. The van der Waals surface area contributed by atoms with Crippen LogP contribution in [0.15, 0.2) is 248 Å². The van der Waals surface area contributed by atoms with Crippen molar-refractivity contribution in [3.8, 4) is 56.3 Å². The van der Waals surface area contributed by atoms with E-state index < -0.39 is 40.2 Å². The van der Waals surface area contributed by atoms with Gasteiger partial charge >= 0.3 is 0 Å². The SMILES string of the molecule is Cc1cc(C)c2c(oc3ncccc32)c1-c1cc(C(C)C)cc[n+]1C.[2H]C([2H])([2H])C([2H])(C)c1cc[n+](C)c(-c2c(C)ccc3c2oc2ncccc23)c1.[2H]C([2H])([2H])c1c[n+](C)c(-c2c(C)ccc3c2oc2ncccc23)cc1C.[2H]C([2H])([2H])c1ccc(-c2c(C)cc(C([2H])([2H])[2H])c3c2oc2ncccc23)[n+](C)c1.[2H]C([2H])([2H])c1ccc(-c2c(C)ccc3c2oc2ncccc23)[n+](C)c1. The number of hydrogen-bond acceptors (Lipinski definition) is 10. The first-order chi connectivity index (χ1) is 62.7. The van der Waals surface area contributed by atoms with Gasteiger partial charge in [-0.3, -0.25) is 0 Å². The summed E-state index contributed by atoms with van der Waals surface area (Å²) < 4.78 is 164. The predicted octanol–water partition coefficient (Wildman–Crippen LogP) is 23.0. The molecule has 15 nitrogen and oxygen atoms in total. The lowest BCUT2D eigenvalue weighted by Gasteiger charge is -2.10. The van der Waals surface area contributed by atoms with E-state index in [1.165, 1.54) is 34.7 Å². The van der Waals surface area contributed by atoms with Crippen molar-refractivity contribution in [3.63, 3.8) is 0 Å². The second kappa shape index (κ2) is 31.4. The number of fused-ring (bicyclic) bond motifs is 15. The van der Waals surface area contributed by atoms with Crippen molar-refractivity contribution in [3.05, 3.63) is 298 Å². The molecule has 582 valence electrons. The molecule has 0 saturated carbocycles. The summed E-state index contributed by atoms with van der Waals surface area (Å²) in [5.41, 5.74) is 25.5. The van der Waals surface area contributed by atoms with Gasteiger partial charge in [0, 0.05) is 166 Å². The van der Waals surface area contributed by atoms with Crippen LogP contribution in [0.25, 0.3) is 167 Å². The molecular formula is C102H99N10O5+5. The number of pyridine rings is 10. The summed E-state index contributed by atoms with van der Waals surface area (Å²) in [5.74, 6) is -1.23. The van der Waals surface area contributed by atoms with E-state index in [4.69, 9.17) is 44.0 Å². The minimum Gasteiger partial charge on any atom is -0.437 e. The van der Waals surface area contributed by atoms with Gasteiger partial charge in [-0.15, -0.1) is 0 Å². The Hall–Kier alpha value is -13.4. The minimum absolute atomic E-state index is 0.210. The van der Waals surface area contributed by atoms with Gasteiger partial charge in [0.05, 0.1) is 27.8 Å². The molecule has 0 radical (unpaired) electrons. The number of nitrogens with zero attached hydrogens (tertiary/aromatic N) is 10. The Morgan fingerprint density at radius 2 is 0.658 bits per heavy atom. The summed E-state index contributed by atoms with van der Waals surface area (Å²) >= 11 is 0. The summed E-state index contributed by atoms with van der Waals surface area (Å²) in [6.45, 7) is 8.65. The molecule has 0 amide bonds. The van der Waals surface area contributed by atoms with Crippen LogP contribution in [0.3, 0.4) is 0 Å². The highest BCUT2D eigenvalue weighted by atomic mass is 16.4. The number of aryl methyl sites for hydroxylation is 16. The number of hydrogen-bond donors (Lipinski definition) is 0. The zero-order valence-electron chi connectivity index (χ0n) is 84.0. The lowest BCUT2D eigenvalue weighted by Crippen LogP contribution is -2.31. The molecule has 15 aromatic heterocycles. The monoisotopic (exact) mass is 1560 g/mol. The van der Waals surface area contributed by atoms with Crippen molar-refractivity contribution in [2.24, 2.45) is 35.2 Å². The molecule has 117 heavy (non-hydrogen) atoms. The van der Waals surface area contributed by atoms with Gasteiger partial charge in [-0.25, -0.2) is 47.8 Å². The average molecular weight is 1560 g/mol. The summed E-state index contributed by atoms with van der Waals surface area (Å²) in [6, 6.07) is 52.0. The first kappa shape index (κ1) is 60.2. The van der Waals surface area contributed by atoms with Gasteiger partial charge < -0.3 is 22.1 Å². The van der Waals surface area contributed by atoms with Crippen LogP contribution in [0.4, 0.5) is 0 Å². The molecule has 0 fully saturated rings. The second-order valence-electron chi connectivity index (χ2n) is 30.4. The predicted molar refractivity (Wildman–Crippen MR) is 471 cm³/mol. The van der Waals surface area contributed by atoms with Crippen LogP contribution in [-0.4, -0.2) is 24.9 Å². The Labute approximate surface area is 704 Å². The maximum absolute atomic E-state index is 8.45. The second-order valence-corrected chi connectivity index (χ2v) is 30.4. The number of rotatable bonds is 7. The van der Waals surface area contributed by atoms with Gasteiger partial charge in [0.15, 0.2) is 58.9 Å². The molecular weight excluding hydrogens is 1450 g/mol. The topological polar surface area (TPSA) is 150 Å². The van der Waals surface area contributed by atoms with Crippen LogP contribution in [-0.2, 0) is 35.2 Å². The van der Waals surface area contributed by atoms with Crippen LogP contribution in [0.2, 0.25) is 0 Å². The molecule has 20 aromatic rings. The van der Waals surface area contributed by atoms with E-state index in [0.717, 1.165) is 127 Å². The van der Waals surface area contributed by atoms with Gasteiger partial charge in [-0.2, -0.15) is 0 Å². The number of furan rings is 5. The molecule has 0 aliphatic carbocycles.